The van der Waals surface area contributed by atoms with Crippen molar-refractivity contribution in [3.63, 3.8) is 0 Å². The third-order valence-electron chi connectivity index (χ3n) is 2.61. The first-order chi connectivity index (χ1) is 8.36. The lowest BCUT2D eigenvalue weighted by Crippen LogP contribution is -2.36. The lowest BCUT2D eigenvalue weighted by atomic mass is 10.0. The van der Waals surface area contributed by atoms with Gasteiger partial charge in [-0.1, -0.05) is 0 Å². The Morgan fingerprint density at radius 2 is 1.78 bits per heavy atom. The molecule has 0 aliphatic rings. The molecular weight excluding hydrogens is 230 g/mol. The largest absolute Gasteiger partial charge is 0.496 e. The Kier molecular flexibility index (Phi) is 4.48. The molecule has 0 spiro atoms. The Balaban J connectivity index is 3.07. The Labute approximate surface area is 107 Å². The topological polar surface area (TPSA) is 55.4 Å². The molecule has 98 valence electrons. The fourth-order valence-corrected chi connectivity index (χ4v) is 1.70. The first-order valence-electron chi connectivity index (χ1n) is 5.87. The minimum absolute atomic E-state index is 0.0545. The van der Waals surface area contributed by atoms with E-state index in [-0.39, 0.29) is 6.04 Å². The van der Waals surface area contributed by atoms with Gasteiger partial charge in [-0.05, 0) is 51.0 Å². The molecule has 1 N–H and O–H groups in total. The van der Waals surface area contributed by atoms with E-state index in [1.54, 1.807) is 26.2 Å². The maximum absolute atomic E-state index is 12.0. The van der Waals surface area contributed by atoms with Crippen LogP contribution in [-0.2, 0) is 4.79 Å². The number of hydrogen-bond acceptors (Lipinski definition) is 3. The van der Waals surface area contributed by atoms with E-state index in [9.17, 15) is 9.59 Å². The van der Waals surface area contributed by atoms with Crippen LogP contribution in [0.5, 0.6) is 5.75 Å². The summed E-state index contributed by atoms with van der Waals surface area (Å²) in [4.78, 5) is 23.7. The molecule has 0 aliphatic carbocycles. The zero-order valence-corrected chi connectivity index (χ0v) is 11.5. The van der Waals surface area contributed by atoms with E-state index in [0.29, 0.717) is 11.3 Å². The number of benzene rings is 1. The summed E-state index contributed by atoms with van der Waals surface area (Å²) in [7, 11) is 1.58. The van der Waals surface area contributed by atoms with Gasteiger partial charge in [0, 0.05) is 11.6 Å². The van der Waals surface area contributed by atoms with E-state index >= 15 is 0 Å². The summed E-state index contributed by atoms with van der Waals surface area (Å²) in [5, 5.41) is 2.60. The van der Waals surface area contributed by atoms with Crippen LogP contribution in [0.25, 0.3) is 0 Å². The van der Waals surface area contributed by atoms with Gasteiger partial charge < -0.3 is 10.1 Å². The summed E-state index contributed by atoms with van der Waals surface area (Å²) in [6.45, 7) is 7.27. The molecule has 4 nitrogen and oxygen atoms in total. The highest BCUT2D eigenvalue weighted by atomic mass is 16.5. The lowest BCUT2D eigenvalue weighted by molar-refractivity contribution is -0.117. The number of Topliss-reactive ketones (excluding diaryl/α,β-unsaturated/α-hetero) is 1. The van der Waals surface area contributed by atoms with Crippen molar-refractivity contribution in [3.05, 3.63) is 28.8 Å². The molecule has 0 fully saturated rings. The van der Waals surface area contributed by atoms with Gasteiger partial charge in [0.25, 0.3) is 5.91 Å². The van der Waals surface area contributed by atoms with Crippen molar-refractivity contribution < 1.29 is 14.3 Å². The number of nitrogens with one attached hydrogen (secondary N) is 1. The molecule has 1 amide bonds. The van der Waals surface area contributed by atoms with Gasteiger partial charge in [-0.25, -0.2) is 0 Å². The fourth-order valence-electron chi connectivity index (χ4n) is 1.70. The summed E-state index contributed by atoms with van der Waals surface area (Å²) in [5.74, 6) is -0.363. The quantitative estimate of drug-likeness (QED) is 0.656. The van der Waals surface area contributed by atoms with Crippen LogP contribution in [0, 0.1) is 13.8 Å². The Hall–Kier alpha value is -1.84. The third-order valence-corrected chi connectivity index (χ3v) is 2.61. The number of carbonyl (C=O) groups is 2. The van der Waals surface area contributed by atoms with Crippen molar-refractivity contribution >= 4 is 11.7 Å². The van der Waals surface area contributed by atoms with Crippen LogP contribution in [0.4, 0.5) is 0 Å². The summed E-state index contributed by atoms with van der Waals surface area (Å²) >= 11 is 0. The van der Waals surface area contributed by atoms with E-state index in [1.807, 2.05) is 20.8 Å². The number of carbonyl (C=O) groups excluding carboxylic acids is 2. The van der Waals surface area contributed by atoms with Crippen LogP contribution in [-0.4, -0.2) is 24.8 Å². The minimum atomic E-state index is -0.572. The second-order valence-electron chi connectivity index (χ2n) is 4.59. The Morgan fingerprint density at radius 3 is 2.28 bits per heavy atom. The first kappa shape index (κ1) is 14.2. The molecule has 0 bridgehead atoms. The number of hydrogen-bond donors (Lipinski definition) is 1. The fraction of sp³-hybridized carbons (Fsp3) is 0.429. The summed E-state index contributed by atoms with van der Waals surface area (Å²) in [5.41, 5.74) is 2.00. The van der Waals surface area contributed by atoms with Gasteiger partial charge in [0.05, 0.1) is 7.11 Å². The van der Waals surface area contributed by atoms with Gasteiger partial charge in [0.1, 0.15) is 5.75 Å². The molecular formula is C14H19NO3. The third kappa shape index (κ3) is 3.09. The molecule has 0 saturated carbocycles. The van der Waals surface area contributed by atoms with Gasteiger partial charge in [-0.2, -0.15) is 0 Å². The van der Waals surface area contributed by atoms with E-state index in [2.05, 4.69) is 5.32 Å². The summed E-state index contributed by atoms with van der Waals surface area (Å²) < 4.78 is 5.17. The second-order valence-corrected chi connectivity index (χ2v) is 4.59. The monoisotopic (exact) mass is 249 g/mol. The predicted molar refractivity (Wildman–Crippen MR) is 70.1 cm³/mol. The molecule has 1 rings (SSSR count). The highest BCUT2D eigenvalue weighted by molar-refractivity contribution is 6.43. The van der Waals surface area contributed by atoms with E-state index in [0.717, 1.165) is 11.1 Å². The Bertz CT molecular complexity index is 478. The maximum atomic E-state index is 12.0. The number of amides is 1. The van der Waals surface area contributed by atoms with Crippen molar-refractivity contribution in [2.24, 2.45) is 0 Å². The SMILES string of the molecule is COc1cc(C)c(C(=O)C(=O)NC(C)C)cc1C. The molecule has 0 saturated heterocycles. The van der Waals surface area contributed by atoms with Gasteiger partial charge in [-0.15, -0.1) is 0 Å². The normalized spacial score (nSPS) is 10.3. The summed E-state index contributed by atoms with van der Waals surface area (Å²) in [6, 6.07) is 3.41. The molecule has 0 atom stereocenters. The van der Waals surface area contributed by atoms with Crippen LogP contribution in [0.15, 0.2) is 12.1 Å². The number of ether oxygens (including phenoxy) is 1. The van der Waals surface area contributed by atoms with Crippen molar-refractivity contribution in [3.8, 4) is 5.75 Å². The molecule has 1 aromatic carbocycles. The van der Waals surface area contributed by atoms with Gasteiger partial charge in [0.15, 0.2) is 0 Å². The molecule has 0 aliphatic heterocycles. The molecule has 18 heavy (non-hydrogen) atoms. The zero-order chi connectivity index (χ0) is 13.9. The van der Waals surface area contributed by atoms with Crippen LogP contribution >= 0.6 is 0 Å². The maximum Gasteiger partial charge on any atom is 0.292 e. The number of rotatable bonds is 4. The lowest BCUT2D eigenvalue weighted by Gasteiger charge is -2.11. The van der Waals surface area contributed by atoms with Crippen molar-refractivity contribution in [2.75, 3.05) is 7.11 Å². The minimum Gasteiger partial charge on any atom is -0.496 e. The van der Waals surface area contributed by atoms with Crippen LogP contribution < -0.4 is 10.1 Å². The average molecular weight is 249 g/mol. The molecule has 0 unspecified atom stereocenters. The van der Waals surface area contributed by atoms with Crippen LogP contribution in [0.1, 0.15) is 35.3 Å². The molecule has 0 heterocycles. The van der Waals surface area contributed by atoms with Crippen molar-refractivity contribution in [1.29, 1.82) is 0 Å². The zero-order valence-electron chi connectivity index (χ0n) is 11.5. The van der Waals surface area contributed by atoms with Crippen molar-refractivity contribution in [1.82, 2.24) is 5.32 Å². The Morgan fingerprint density at radius 1 is 1.17 bits per heavy atom. The van der Waals surface area contributed by atoms with Crippen molar-refractivity contribution in [2.45, 2.75) is 33.7 Å². The smallest absolute Gasteiger partial charge is 0.292 e. The standard InChI is InChI=1S/C14H19NO3/c1-8(2)15-14(17)13(16)11-6-10(4)12(18-5)7-9(11)3/h6-8H,1-5H3,(H,15,17). The first-order valence-corrected chi connectivity index (χ1v) is 5.87. The molecule has 1 aromatic rings. The molecule has 0 aromatic heterocycles. The van der Waals surface area contributed by atoms with E-state index in [4.69, 9.17) is 4.74 Å². The summed E-state index contributed by atoms with van der Waals surface area (Å²) in [6.07, 6.45) is 0. The molecule has 4 heteroatoms. The predicted octanol–water partition coefficient (Wildman–Crippen LogP) is 2.02. The van der Waals surface area contributed by atoms with Crippen LogP contribution in [0.2, 0.25) is 0 Å². The highest BCUT2D eigenvalue weighted by Gasteiger charge is 2.20. The second kappa shape index (κ2) is 5.67. The average Bonchev–Trinajstić information content (AvgIpc) is 2.29. The van der Waals surface area contributed by atoms with Gasteiger partial charge in [0.2, 0.25) is 5.78 Å². The van der Waals surface area contributed by atoms with E-state index in [1.165, 1.54) is 0 Å². The highest BCUT2D eigenvalue weighted by Crippen LogP contribution is 2.22. The number of methoxy groups -OCH3 is 1. The number of ketones is 1. The van der Waals surface area contributed by atoms with Crippen LogP contribution in [0.3, 0.4) is 0 Å². The van der Waals surface area contributed by atoms with E-state index < -0.39 is 11.7 Å². The van der Waals surface area contributed by atoms with Gasteiger partial charge in [-0.3, -0.25) is 9.59 Å². The number of aryl methyl sites for hydroxylation is 2. The molecule has 0 radical (unpaired) electrons. The van der Waals surface area contributed by atoms with Gasteiger partial charge >= 0.3 is 0 Å².